The van der Waals surface area contributed by atoms with E-state index in [-0.39, 0.29) is 0 Å². The Bertz CT molecular complexity index is 437. The lowest BCUT2D eigenvalue weighted by atomic mass is 10.4. The number of nitrogens with two attached hydrogens (primary N) is 1. The predicted molar refractivity (Wildman–Crippen MR) is 59.5 cm³/mol. The third kappa shape index (κ3) is 1.55. The fourth-order valence-electron chi connectivity index (χ4n) is 0.911. The Hall–Kier alpha value is -0.630. The van der Waals surface area contributed by atoms with Crippen LogP contribution in [0.5, 0.6) is 0 Å². The van der Waals surface area contributed by atoms with Crippen molar-refractivity contribution in [1.82, 2.24) is 10.1 Å². The number of rotatable bonds is 1. The average molecular weight is 307 g/mol. The summed E-state index contributed by atoms with van der Waals surface area (Å²) in [4.78, 5) is 5.09. The molecule has 0 aliphatic carbocycles. The lowest BCUT2D eigenvalue weighted by Crippen LogP contribution is -1.85. The molecule has 0 amide bonds. The highest BCUT2D eigenvalue weighted by atomic mass is 127. The van der Waals surface area contributed by atoms with Crippen LogP contribution in [0.25, 0.3) is 10.6 Å². The van der Waals surface area contributed by atoms with Gasteiger partial charge in [0.05, 0.1) is 9.88 Å². The molecule has 2 rings (SSSR count). The topological polar surface area (TPSA) is 64.9 Å². The first-order valence-electron chi connectivity index (χ1n) is 3.52. The fourth-order valence-corrected chi connectivity index (χ4v) is 2.34. The van der Waals surface area contributed by atoms with E-state index in [1.807, 2.05) is 6.92 Å². The molecule has 68 valence electrons. The number of anilines is 1. The SMILES string of the molecule is Cc1ncc(-c2onc(N)c2I)s1. The number of aryl methyl sites for hydroxylation is 1. The van der Waals surface area contributed by atoms with Crippen molar-refractivity contribution in [2.24, 2.45) is 0 Å². The number of halogens is 1. The summed E-state index contributed by atoms with van der Waals surface area (Å²) in [5.74, 6) is 1.14. The van der Waals surface area contributed by atoms with Crippen molar-refractivity contribution in [2.45, 2.75) is 6.92 Å². The van der Waals surface area contributed by atoms with Gasteiger partial charge in [-0.3, -0.25) is 0 Å². The average Bonchev–Trinajstić information content (AvgIpc) is 2.62. The van der Waals surface area contributed by atoms with E-state index in [4.69, 9.17) is 10.3 Å². The highest BCUT2D eigenvalue weighted by Crippen LogP contribution is 2.32. The predicted octanol–water partition coefficient (Wildman–Crippen LogP) is 2.29. The van der Waals surface area contributed by atoms with Crippen LogP contribution in [0.4, 0.5) is 5.82 Å². The molecule has 4 nitrogen and oxygen atoms in total. The molecule has 2 aromatic heterocycles. The molecule has 0 aliphatic rings. The maximum atomic E-state index is 5.56. The van der Waals surface area contributed by atoms with Gasteiger partial charge < -0.3 is 10.3 Å². The van der Waals surface area contributed by atoms with Crippen molar-refractivity contribution in [3.63, 3.8) is 0 Å². The van der Waals surface area contributed by atoms with Crippen molar-refractivity contribution in [1.29, 1.82) is 0 Å². The fraction of sp³-hybridized carbons (Fsp3) is 0.143. The van der Waals surface area contributed by atoms with Crippen LogP contribution in [0.15, 0.2) is 10.7 Å². The minimum absolute atomic E-state index is 0.432. The molecule has 0 radical (unpaired) electrons. The van der Waals surface area contributed by atoms with Gasteiger partial charge in [-0.1, -0.05) is 5.16 Å². The Morgan fingerprint density at radius 3 is 2.85 bits per heavy atom. The molecule has 0 spiro atoms. The molecule has 6 heteroatoms. The summed E-state index contributed by atoms with van der Waals surface area (Å²) in [7, 11) is 0. The Morgan fingerprint density at radius 1 is 1.62 bits per heavy atom. The van der Waals surface area contributed by atoms with Crippen molar-refractivity contribution >= 4 is 39.7 Å². The molecule has 0 saturated carbocycles. The lowest BCUT2D eigenvalue weighted by Gasteiger charge is -1.87. The van der Waals surface area contributed by atoms with Gasteiger partial charge in [-0.2, -0.15) is 0 Å². The van der Waals surface area contributed by atoms with E-state index in [9.17, 15) is 0 Å². The summed E-state index contributed by atoms with van der Waals surface area (Å²) >= 11 is 3.67. The third-order valence-corrected chi connectivity index (χ3v) is 3.46. The number of thiazole rings is 1. The molecule has 2 N–H and O–H groups in total. The van der Waals surface area contributed by atoms with Gasteiger partial charge in [-0.15, -0.1) is 11.3 Å². The summed E-state index contributed by atoms with van der Waals surface area (Å²) in [6.07, 6.45) is 1.77. The molecule has 0 atom stereocenters. The van der Waals surface area contributed by atoms with Gasteiger partial charge in [0, 0.05) is 6.20 Å². The van der Waals surface area contributed by atoms with Crippen LogP contribution >= 0.6 is 33.9 Å². The highest BCUT2D eigenvalue weighted by Gasteiger charge is 2.14. The van der Waals surface area contributed by atoms with E-state index in [1.54, 1.807) is 17.5 Å². The summed E-state index contributed by atoms with van der Waals surface area (Å²) < 4.78 is 5.93. The van der Waals surface area contributed by atoms with Gasteiger partial charge in [0.2, 0.25) is 0 Å². The van der Waals surface area contributed by atoms with Gasteiger partial charge in [-0.25, -0.2) is 4.98 Å². The maximum absolute atomic E-state index is 5.56. The molecule has 13 heavy (non-hydrogen) atoms. The summed E-state index contributed by atoms with van der Waals surface area (Å²) in [5, 5.41) is 4.68. The second kappa shape index (κ2) is 3.26. The highest BCUT2D eigenvalue weighted by molar-refractivity contribution is 14.1. The van der Waals surface area contributed by atoms with Gasteiger partial charge in [0.15, 0.2) is 11.6 Å². The van der Waals surface area contributed by atoms with E-state index < -0.39 is 0 Å². The molecule has 0 aromatic carbocycles. The second-order valence-electron chi connectivity index (χ2n) is 2.45. The molecule has 0 fully saturated rings. The third-order valence-electron chi connectivity index (χ3n) is 1.50. The summed E-state index contributed by atoms with van der Waals surface area (Å²) in [6.45, 7) is 1.95. The van der Waals surface area contributed by atoms with Gasteiger partial charge in [0.1, 0.15) is 3.57 Å². The summed E-state index contributed by atoms with van der Waals surface area (Å²) in [6, 6.07) is 0. The van der Waals surface area contributed by atoms with Crippen LogP contribution in [0, 0.1) is 10.5 Å². The number of hydrogen-bond donors (Lipinski definition) is 1. The molecule has 2 heterocycles. The van der Waals surface area contributed by atoms with Crippen LogP contribution in [-0.4, -0.2) is 10.1 Å². The minimum Gasteiger partial charge on any atom is -0.380 e. The molecule has 0 unspecified atom stereocenters. The largest absolute Gasteiger partial charge is 0.380 e. The van der Waals surface area contributed by atoms with Crippen LogP contribution in [0.3, 0.4) is 0 Å². The Balaban J connectivity index is 2.52. The maximum Gasteiger partial charge on any atom is 0.193 e. The van der Waals surface area contributed by atoms with Crippen LogP contribution < -0.4 is 5.73 Å². The molecular formula is C7H6IN3OS. The number of nitrogens with zero attached hydrogens (tertiary/aromatic N) is 2. The molecule has 0 aliphatic heterocycles. The standard InChI is InChI=1S/C7H6IN3OS/c1-3-10-2-4(13-3)6-5(8)7(9)11-12-6/h2H,1H3,(H2,9,11). The zero-order chi connectivity index (χ0) is 9.42. The van der Waals surface area contributed by atoms with Gasteiger partial charge in [0.25, 0.3) is 0 Å². The first kappa shape index (κ1) is 8.95. The Labute approximate surface area is 92.3 Å². The molecule has 0 saturated heterocycles. The number of aromatic nitrogens is 2. The van der Waals surface area contributed by atoms with E-state index in [0.717, 1.165) is 13.5 Å². The smallest absolute Gasteiger partial charge is 0.193 e. The quantitative estimate of drug-likeness (QED) is 0.821. The van der Waals surface area contributed by atoms with Crippen molar-refractivity contribution in [3.05, 3.63) is 14.8 Å². The minimum atomic E-state index is 0.432. The number of hydrogen-bond acceptors (Lipinski definition) is 5. The van der Waals surface area contributed by atoms with Gasteiger partial charge >= 0.3 is 0 Å². The van der Waals surface area contributed by atoms with E-state index in [2.05, 4.69) is 32.7 Å². The zero-order valence-corrected chi connectivity index (χ0v) is 9.72. The lowest BCUT2D eigenvalue weighted by molar-refractivity contribution is 0.436. The van der Waals surface area contributed by atoms with Crippen LogP contribution in [-0.2, 0) is 0 Å². The molecular weight excluding hydrogens is 301 g/mol. The zero-order valence-electron chi connectivity index (χ0n) is 6.74. The second-order valence-corrected chi connectivity index (χ2v) is 4.77. The Kier molecular flexibility index (Phi) is 2.24. The Morgan fingerprint density at radius 2 is 2.38 bits per heavy atom. The van der Waals surface area contributed by atoms with Crippen molar-refractivity contribution in [2.75, 3.05) is 5.73 Å². The van der Waals surface area contributed by atoms with Crippen molar-refractivity contribution in [3.8, 4) is 10.6 Å². The first-order chi connectivity index (χ1) is 6.18. The van der Waals surface area contributed by atoms with E-state index in [1.165, 1.54) is 0 Å². The molecule has 0 bridgehead atoms. The number of nitrogen functional groups attached to an aromatic ring is 1. The van der Waals surface area contributed by atoms with E-state index >= 15 is 0 Å². The molecule has 2 aromatic rings. The van der Waals surface area contributed by atoms with Crippen molar-refractivity contribution < 1.29 is 4.52 Å². The first-order valence-corrected chi connectivity index (χ1v) is 5.41. The van der Waals surface area contributed by atoms with E-state index in [0.29, 0.717) is 11.6 Å². The normalized spacial score (nSPS) is 10.6. The van der Waals surface area contributed by atoms with Gasteiger partial charge in [-0.05, 0) is 29.5 Å². The van der Waals surface area contributed by atoms with Crippen LogP contribution in [0.2, 0.25) is 0 Å². The monoisotopic (exact) mass is 307 g/mol. The van der Waals surface area contributed by atoms with Crippen LogP contribution in [0.1, 0.15) is 5.01 Å². The summed E-state index contributed by atoms with van der Waals surface area (Å²) in [5.41, 5.74) is 5.56.